The zero-order valence-electron chi connectivity index (χ0n) is 22.2. The van der Waals surface area contributed by atoms with Crippen LogP contribution < -0.4 is 0 Å². The average Bonchev–Trinajstić information content (AvgIpc) is 2.81. The van der Waals surface area contributed by atoms with Crippen LogP contribution in [0.5, 0.6) is 0 Å². The number of nitrogens with zero attached hydrogens (tertiary/aromatic N) is 1. The average molecular weight is 484 g/mol. The maximum absolute atomic E-state index is 11.5. The summed E-state index contributed by atoms with van der Waals surface area (Å²) in [5, 5.41) is 16.6. The lowest BCUT2D eigenvalue weighted by atomic mass is 9.91. The Bertz CT molecular complexity index is 1030. The Labute approximate surface area is 214 Å². The number of hydrogen-bond donors (Lipinski definition) is 1. The molecular weight excluding hydrogens is 438 g/mol. The number of rotatable bonds is 12. The summed E-state index contributed by atoms with van der Waals surface area (Å²) in [5.41, 5.74) is 3.66. The summed E-state index contributed by atoms with van der Waals surface area (Å²) < 4.78 is 0. The molecule has 0 spiro atoms. The monoisotopic (exact) mass is 483 g/mol. The summed E-state index contributed by atoms with van der Waals surface area (Å²) in [6.07, 6.45) is 6.91. The van der Waals surface area contributed by atoms with Gasteiger partial charge in [0.1, 0.15) is 0 Å². The van der Waals surface area contributed by atoms with Gasteiger partial charge in [-0.05, 0) is 90.0 Å². The van der Waals surface area contributed by atoms with Crippen molar-refractivity contribution in [3.05, 3.63) is 59.2 Å². The first kappa shape index (κ1) is 28.6. The predicted octanol–water partition coefficient (Wildman–Crippen LogP) is 8.95. The molecule has 3 aromatic carbocycles. The Morgan fingerprint density at radius 1 is 0.735 bits per heavy atom. The summed E-state index contributed by atoms with van der Waals surface area (Å²) in [6.45, 7) is 15.5. The third kappa shape index (κ3) is 6.74. The van der Waals surface area contributed by atoms with Crippen LogP contribution in [0.1, 0.15) is 102 Å². The smallest absolute Gasteiger partial charge is 0.0942 e. The van der Waals surface area contributed by atoms with Crippen LogP contribution in [-0.2, 0) is 0 Å². The van der Waals surface area contributed by atoms with Crippen LogP contribution in [0.4, 0.5) is 0 Å². The minimum Gasteiger partial charge on any atom is -0.387 e. The number of aliphatic hydroxyl groups excluding tert-OH is 1. The van der Waals surface area contributed by atoms with Crippen molar-refractivity contribution in [3.8, 4) is 0 Å². The van der Waals surface area contributed by atoms with E-state index in [0.717, 1.165) is 18.7 Å². The Morgan fingerprint density at radius 2 is 1.35 bits per heavy atom. The second-order valence-electron chi connectivity index (χ2n) is 10.3. The molecule has 0 aliphatic heterocycles. The Morgan fingerprint density at radius 3 is 1.94 bits per heavy atom. The fraction of sp³-hybridized carbons (Fsp3) is 0.548. The van der Waals surface area contributed by atoms with Gasteiger partial charge in [-0.25, -0.2) is 0 Å². The van der Waals surface area contributed by atoms with Gasteiger partial charge in [0.25, 0.3) is 0 Å². The summed E-state index contributed by atoms with van der Waals surface area (Å²) in [7, 11) is 0. The van der Waals surface area contributed by atoms with Crippen molar-refractivity contribution in [1.29, 1.82) is 0 Å². The van der Waals surface area contributed by atoms with Crippen LogP contribution in [-0.4, -0.2) is 29.1 Å². The first-order valence-electron chi connectivity index (χ1n) is 13.3. The van der Waals surface area contributed by atoms with Crippen molar-refractivity contribution >= 4 is 34.0 Å². The van der Waals surface area contributed by atoms with Gasteiger partial charge >= 0.3 is 0 Å². The highest BCUT2D eigenvalue weighted by Crippen LogP contribution is 2.33. The maximum atomic E-state index is 11.5. The highest BCUT2D eigenvalue weighted by atomic mass is 35.5. The Hall–Kier alpha value is -1.61. The molecule has 0 aliphatic carbocycles. The number of fused-ring (bicyclic) bond motifs is 3. The number of benzene rings is 3. The van der Waals surface area contributed by atoms with Crippen LogP contribution >= 0.6 is 12.4 Å². The van der Waals surface area contributed by atoms with E-state index in [1.165, 1.54) is 71.2 Å². The molecular formula is C31H46ClNO. The Kier molecular flexibility index (Phi) is 11.3. The molecule has 0 aromatic heterocycles. The molecule has 0 saturated carbocycles. The minimum atomic E-state index is -0.485. The van der Waals surface area contributed by atoms with Crippen molar-refractivity contribution < 1.29 is 5.11 Å². The van der Waals surface area contributed by atoms with E-state index in [4.69, 9.17) is 0 Å². The highest BCUT2D eigenvalue weighted by Gasteiger charge is 2.23. The lowest BCUT2D eigenvalue weighted by Crippen LogP contribution is -2.39. The molecule has 2 atom stereocenters. The molecule has 2 nitrogen and oxygen atoms in total. The van der Waals surface area contributed by atoms with Crippen molar-refractivity contribution in [2.45, 2.75) is 98.1 Å². The van der Waals surface area contributed by atoms with Gasteiger partial charge in [0.15, 0.2) is 0 Å². The molecule has 0 amide bonds. The van der Waals surface area contributed by atoms with Crippen LogP contribution in [0.2, 0.25) is 0 Å². The standard InChI is InChI=1S/C31H45NO.ClH/c1-7-9-11-17-32(18-12-10-8-2)24(6)31(33)27-19-23(5)28-15-14-26-20-25(22(3)4)13-16-29(26)30(28)21-27;/h13-16,19-22,24,31,33H,7-12,17-18H2,1-6H3;1H. The normalized spacial score (nSPS) is 13.6. The second-order valence-corrected chi connectivity index (χ2v) is 10.3. The van der Waals surface area contributed by atoms with Gasteiger partial charge in [0, 0.05) is 6.04 Å². The molecule has 0 fully saturated rings. The Balaban J connectivity index is 0.00000408. The molecule has 3 heteroatoms. The van der Waals surface area contributed by atoms with Crippen LogP contribution in [0.15, 0.2) is 42.5 Å². The predicted molar refractivity (Wildman–Crippen MR) is 153 cm³/mol. The first-order chi connectivity index (χ1) is 15.9. The molecule has 3 aromatic rings. The van der Waals surface area contributed by atoms with Crippen molar-refractivity contribution in [2.75, 3.05) is 13.1 Å². The molecule has 34 heavy (non-hydrogen) atoms. The molecule has 2 unspecified atom stereocenters. The van der Waals surface area contributed by atoms with Gasteiger partial charge in [-0.2, -0.15) is 0 Å². The van der Waals surface area contributed by atoms with Gasteiger partial charge in [0.2, 0.25) is 0 Å². The summed E-state index contributed by atoms with van der Waals surface area (Å²) in [4.78, 5) is 2.52. The van der Waals surface area contributed by atoms with Gasteiger partial charge in [-0.1, -0.05) is 89.8 Å². The lowest BCUT2D eigenvalue weighted by Gasteiger charge is -2.33. The van der Waals surface area contributed by atoms with E-state index in [2.05, 4.69) is 88.9 Å². The zero-order chi connectivity index (χ0) is 24.0. The quantitative estimate of drug-likeness (QED) is 0.205. The van der Waals surface area contributed by atoms with Crippen LogP contribution in [0.25, 0.3) is 21.5 Å². The third-order valence-electron chi connectivity index (χ3n) is 7.34. The number of halogens is 1. The minimum absolute atomic E-state index is 0. The topological polar surface area (TPSA) is 23.5 Å². The SMILES string of the molecule is CCCCCN(CCCCC)C(C)C(O)c1cc(C)c2ccc3cc(C(C)C)ccc3c2c1.Cl. The number of unbranched alkanes of at least 4 members (excludes halogenated alkanes) is 4. The molecule has 3 rings (SSSR count). The fourth-order valence-electron chi connectivity index (χ4n) is 5.06. The highest BCUT2D eigenvalue weighted by molar-refractivity contribution is 6.08. The van der Waals surface area contributed by atoms with Crippen LogP contribution in [0.3, 0.4) is 0 Å². The lowest BCUT2D eigenvalue weighted by molar-refractivity contribution is 0.0556. The van der Waals surface area contributed by atoms with E-state index in [1.807, 2.05) is 0 Å². The van der Waals surface area contributed by atoms with E-state index in [-0.39, 0.29) is 18.4 Å². The van der Waals surface area contributed by atoms with Gasteiger partial charge < -0.3 is 5.11 Å². The summed E-state index contributed by atoms with van der Waals surface area (Å²) in [6, 6.07) is 15.9. The van der Waals surface area contributed by atoms with E-state index < -0.39 is 6.10 Å². The van der Waals surface area contributed by atoms with E-state index in [1.54, 1.807) is 0 Å². The van der Waals surface area contributed by atoms with Gasteiger partial charge in [-0.3, -0.25) is 4.90 Å². The molecule has 0 aliphatic rings. The molecule has 1 N–H and O–H groups in total. The maximum Gasteiger partial charge on any atom is 0.0942 e. The molecule has 0 bridgehead atoms. The van der Waals surface area contributed by atoms with Crippen molar-refractivity contribution in [2.24, 2.45) is 0 Å². The zero-order valence-corrected chi connectivity index (χ0v) is 23.0. The third-order valence-corrected chi connectivity index (χ3v) is 7.34. The summed E-state index contributed by atoms with van der Waals surface area (Å²) in [5.74, 6) is 0.521. The van der Waals surface area contributed by atoms with Gasteiger partial charge in [-0.15, -0.1) is 12.4 Å². The van der Waals surface area contributed by atoms with E-state index in [0.29, 0.717) is 5.92 Å². The second kappa shape index (κ2) is 13.5. The van der Waals surface area contributed by atoms with Crippen molar-refractivity contribution in [3.63, 3.8) is 0 Å². The first-order valence-corrected chi connectivity index (χ1v) is 13.3. The van der Waals surface area contributed by atoms with E-state index >= 15 is 0 Å². The number of aliphatic hydroxyl groups is 1. The summed E-state index contributed by atoms with van der Waals surface area (Å²) >= 11 is 0. The van der Waals surface area contributed by atoms with Crippen LogP contribution in [0, 0.1) is 6.92 Å². The molecule has 188 valence electrons. The van der Waals surface area contributed by atoms with Crippen molar-refractivity contribution in [1.82, 2.24) is 4.90 Å². The number of aryl methyl sites for hydroxylation is 1. The molecule has 0 radical (unpaired) electrons. The van der Waals surface area contributed by atoms with Gasteiger partial charge in [0.05, 0.1) is 6.10 Å². The number of hydrogen-bond acceptors (Lipinski definition) is 2. The molecule has 0 saturated heterocycles. The largest absolute Gasteiger partial charge is 0.387 e. The van der Waals surface area contributed by atoms with E-state index in [9.17, 15) is 5.11 Å². The molecule has 0 heterocycles. The fourth-order valence-corrected chi connectivity index (χ4v) is 5.06.